The van der Waals surface area contributed by atoms with Gasteiger partial charge in [-0.25, -0.2) is 0 Å². The lowest BCUT2D eigenvalue weighted by atomic mass is 9.79. The van der Waals surface area contributed by atoms with Gasteiger partial charge in [0.25, 0.3) is 0 Å². The molecule has 114 valence electrons. The average Bonchev–Trinajstić information content (AvgIpc) is 2.98. The van der Waals surface area contributed by atoms with Crippen LogP contribution in [0.2, 0.25) is 0 Å². The molecule has 5 nitrogen and oxygen atoms in total. The Morgan fingerprint density at radius 3 is 2.67 bits per heavy atom. The van der Waals surface area contributed by atoms with Gasteiger partial charge in [-0.1, -0.05) is 13.8 Å². The zero-order valence-electron chi connectivity index (χ0n) is 12.8. The summed E-state index contributed by atoms with van der Waals surface area (Å²) in [5.41, 5.74) is -0.560. The molecule has 7 unspecified atom stereocenters. The van der Waals surface area contributed by atoms with Gasteiger partial charge in [0.2, 0.25) is 0 Å². The summed E-state index contributed by atoms with van der Waals surface area (Å²) in [5, 5.41) is 9.40. The Morgan fingerprint density at radius 2 is 2.10 bits per heavy atom. The second kappa shape index (κ2) is 4.46. The van der Waals surface area contributed by atoms with Gasteiger partial charge >= 0.3 is 11.9 Å². The number of nitriles is 1. The Bertz CT molecular complexity index is 535. The number of hydrogen-bond donors (Lipinski definition) is 0. The van der Waals surface area contributed by atoms with Crippen LogP contribution in [0.3, 0.4) is 0 Å². The summed E-state index contributed by atoms with van der Waals surface area (Å²) in [6.07, 6.45) is -0.142. The minimum Gasteiger partial charge on any atom is -0.458 e. The number of carbonyl (C=O) groups excluding carboxylic acids is 2. The van der Waals surface area contributed by atoms with Gasteiger partial charge in [0.05, 0.1) is 23.3 Å². The van der Waals surface area contributed by atoms with E-state index in [4.69, 9.17) is 9.47 Å². The van der Waals surface area contributed by atoms with Crippen LogP contribution in [0.5, 0.6) is 0 Å². The number of rotatable bonds is 3. The molecule has 1 heterocycles. The monoisotopic (exact) mass is 291 g/mol. The SMILES string of the molecule is CCC(C)(C)C(=O)OC1C2OC(=O)C3C(C#N)C1C(C)C23. The highest BCUT2D eigenvalue weighted by Crippen LogP contribution is 2.61. The fraction of sp³-hybridized carbons (Fsp3) is 0.812. The van der Waals surface area contributed by atoms with Crippen molar-refractivity contribution in [3.8, 4) is 6.07 Å². The molecule has 2 bridgehead atoms. The first-order valence-electron chi connectivity index (χ1n) is 7.64. The molecule has 0 amide bonds. The first kappa shape index (κ1) is 14.4. The molecule has 0 radical (unpaired) electrons. The third-order valence-electron chi connectivity index (χ3n) is 5.87. The van der Waals surface area contributed by atoms with Gasteiger partial charge < -0.3 is 9.47 Å². The summed E-state index contributed by atoms with van der Waals surface area (Å²) < 4.78 is 11.1. The number of fused-ring (bicyclic) bond motifs is 1. The van der Waals surface area contributed by atoms with Crippen LogP contribution >= 0.6 is 0 Å². The van der Waals surface area contributed by atoms with Crippen LogP contribution in [0.4, 0.5) is 0 Å². The van der Waals surface area contributed by atoms with Crippen LogP contribution in [-0.4, -0.2) is 24.1 Å². The van der Waals surface area contributed by atoms with E-state index in [2.05, 4.69) is 6.07 Å². The lowest BCUT2D eigenvalue weighted by Crippen LogP contribution is -2.42. The zero-order chi connectivity index (χ0) is 15.5. The predicted molar refractivity (Wildman–Crippen MR) is 72.6 cm³/mol. The molecule has 0 aromatic rings. The van der Waals surface area contributed by atoms with Crippen molar-refractivity contribution in [2.24, 2.45) is 35.0 Å². The molecule has 7 atom stereocenters. The van der Waals surface area contributed by atoms with Crippen molar-refractivity contribution in [1.82, 2.24) is 0 Å². The summed E-state index contributed by atoms with van der Waals surface area (Å²) in [6.45, 7) is 7.66. The smallest absolute Gasteiger partial charge is 0.311 e. The molecular weight excluding hydrogens is 270 g/mol. The Morgan fingerprint density at radius 1 is 1.43 bits per heavy atom. The van der Waals surface area contributed by atoms with Crippen LogP contribution in [0.1, 0.15) is 34.1 Å². The minimum atomic E-state index is -0.560. The lowest BCUT2D eigenvalue weighted by molar-refractivity contribution is -0.171. The molecule has 2 aliphatic carbocycles. The van der Waals surface area contributed by atoms with Gasteiger partial charge in [0.15, 0.2) is 0 Å². The molecule has 0 spiro atoms. The number of carbonyl (C=O) groups is 2. The van der Waals surface area contributed by atoms with E-state index in [1.165, 1.54) is 0 Å². The molecule has 5 heteroatoms. The van der Waals surface area contributed by atoms with E-state index in [0.717, 1.165) is 0 Å². The fourth-order valence-corrected chi connectivity index (χ4v) is 4.24. The van der Waals surface area contributed by atoms with Crippen molar-refractivity contribution < 1.29 is 19.1 Å². The van der Waals surface area contributed by atoms with Gasteiger partial charge in [0, 0.05) is 11.8 Å². The van der Waals surface area contributed by atoms with E-state index in [0.29, 0.717) is 6.42 Å². The summed E-state index contributed by atoms with van der Waals surface area (Å²) >= 11 is 0. The average molecular weight is 291 g/mol. The lowest BCUT2D eigenvalue weighted by Gasteiger charge is -2.31. The molecule has 0 N–H and O–H groups in total. The molecule has 3 rings (SSSR count). The number of hydrogen-bond acceptors (Lipinski definition) is 5. The summed E-state index contributed by atoms with van der Waals surface area (Å²) in [6, 6.07) is 2.25. The van der Waals surface area contributed by atoms with Gasteiger partial charge in [-0.3, -0.25) is 9.59 Å². The van der Waals surface area contributed by atoms with E-state index in [1.54, 1.807) is 0 Å². The molecule has 21 heavy (non-hydrogen) atoms. The van der Waals surface area contributed by atoms with Crippen LogP contribution in [0, 0.1) is 46.3 Å². The molecule has 0 aromatic carbocycles. The van der Waals surface area contributed by atoms with E-state index in [9.17, 15) is 14.9 Å². The van der Waals surface area contributed by atoms with Crippen LogP contribution < -0.4 is 0 Å². The van der Waals surface area contributed by atoms with E-state index >= 15 is 0 Å². The van der Waals surface area contributed by atoms with Crippen molar-refractivity contribution in [3.63, 3.8) is 0 Å². The van der Waals surface area contributed by atoms with Crippen molar-refractivity contribution >= 4 is 11.9 Å². The van der Waals surface area contributed by atoms with Gasteiger partial charge in [0.1, 0.15) is 12.2 Å². The fourth-order valence-electron chi connectivity index (χ4n) is 4.24. The van der Waals surface area contributed by atoms with Crippen molar-refractivity contribution in [2.45, 2.75) is 46.3 Å². The zero-order valence-corrected chi connectivity index (χ0v) is 12.8. The maximum Gasteiger partial charge on any atom is 0.311 e. The van der Waals surface area contributed by atoms with Crippen LogP contribution in [0.25, 0.3) is 0 Å². The normalized spacial score (nSPS) is 43.6. The summed E-state index contributed by atoms with van der Waals surface area (Å²) in [4.78, 5) is 24.3. The Balaban J connectivity index is 1.87. The Kier molecular flexibility index (Phi) is 3.05. The van der Waals surface area contributed by atoms with E-state index in [-0.39, 0.29) is 41.7 Å². The standard InChI is InChI=1S/C16H21NO4/c1-5-16(3,4)15(19)21-12-9-7(2)10-11(8(9)6-17)14(18)20-13(10)12/h7-13H,5H2,1-4H3. The molecule has 3 aliphatic rings. The quantitative estimate of drug-likeness (QED) is 0.742. The molecule has 1 aliphatic heterocycles. The highest BCUT2D eigenvalue weighted by atomic mass is 16.6. The highest BCUT2D eigenvalue weighted by Gasteiger charge is 2.71. The molecule has 0 aromatic heterocycles. The maximum absolute atomic E-state index is 12.3. The molecular formula is C16H21NO4. The number of nitrogens with zero attached hydrogens (tertiary/aromatic N) is 1. The minimum absolute atomic E-state index is 0.0229. The first-order chi connectivity index (χ1) is 9.83. The van der Waals surface area contributed by atoms with Crippen molar-refractivity contribution in [2.75, 3.05) is 0 Å². The predicted octanol–water partition coefficient (Wildman–Crippen LogP) is 1.91. The van der Waals surface area contributed by atoms with Crippen molar-refractivity contribution in [1.29, 1.82) is 5.26 Å². The maximum atomic E-state index is 12.3. The topological polar surface area (TPSA) is 76.4 Å². The first-order valence-corrected chi connectivity index (χ1v) is 7.64. The molecule has 1 saturated heterocycles. The third-order valence-corrected chi connectivity index (χ3v) is 5.87. The molecule has 3 fully saturated rings. The van der Waals surface area contributed by atoms with E-state index < -0.39 is 17.4 Å². The van der Waals surface area contributed by atoms with Crippen molar-refractivity contribution in [3.05, 3.63) is 0 Å². The van der Waals surface area contributed by atoms with Gasteiger partial charge in [-0.2, -0.15) is 5.26 Å². The van der Waals surface area contributed by atoms with Crippen LogP contribution in [0.15, 0.2) is 0 Å². The Labute approximate surface area is 124 Å². The van der Waals surface area contributed by atoms with Crippen LogP contribution in [-0.2, 0) is 19.1 Å². The highest BCUT2D eigenvalue weighted by molar-refractivity contribution is 5.79. The van der Waals surface area contributed by atoms with Gasteiger partial charge in [-0.15, -0.1) is 0 Å². The molecule has 2 saturated carbocycles. The Hall–Kier alpha value is -1.57. The second-order valence-corrected chi connectivity index (χ2v) is 7.20. The third kappa shape index (κ3) is 1.74. The summed E-state index contributed by atoms with van der Waals surface area (Å²) in [5.74, 6) is -1.16. The largest absolute Gasteiger partial charge is 0.458 e. The number of esters is 2. The van der Waals surface area contributed by atoms with Gasteiger partial charge in [-0.05, 0) is 26.2 Å². The number of ether oxygens (including phenoxy) is 2. The summed E-state index contributed by atoms with van der Waals surface area (Å²) in [7, 11) is 0. The van der Waals surface area contributed by atoms with E-state index in [1.807, 2.05) is 27.7 Å². The second-order valence-electron chi connectivity index (χ2n) is 7.20.